The van der Waals surface area contributed by atoms with Gasteiger partial charge in [0.05, 0.1) is 0 Å². The summed E-state index contributed by atoms with van der Waals surface area (Å²) in [7, 11) is 0. The lowest BCUT2D eigenvalue weighted by Gasteiger charge is -2.35. The molecule has 0 radical (unpaired) electrons. The van der Waals surface area contributed by atoms with Gasteiger partial charge in [-0.1, -0.05) is 20.3 Å². The number of hydrogen-bond donors (Lipinski definition) is 1. The van der Waals surface area contributed by atoms with Crippen molar-refractivity contribution in [1.82, 2.24) is 10.2 Å². The molecule has 94 valence electrons. The van der Waals surface area contributed by atoms with Crippen molar-refractivity contribution in [3.05, 3.63) is 0 Å². The van der Waals surface area contributed by atoms with Gasteiger partial charge in [-0.15, -0.1) is 0 Å². The SMILES string of the molecule is CCC(CC)N(CC1CCCCN1)C1CC1. The van der Waals surface area contributed by atoms with Crippen LogP contribution in [0.2, 0.25) is 0 Å². The Balaban J connectivity index is 1.85. The lowest BCUT2D eigenvalue weighted by molar-refractivity contribution is 0.148. The van der Waals surface area contributed by atoms with Crippen molar-refractivity contribution in [3.8, 4) is 0 Å². The Kier molecular flexibility index (Phi) is 4.66. The van der Waals surface area contributed by atoms with Crippen LogP contribution in [0, 0.1) is 0 Å². The summed E-state index contributed by atoms with van der Waals surface area (Å²) in [6.45, 7) is 7.23. The highest BCUT2D eigenvalue weighted by atomic mass is 15.2. The number of hydrogen-bond acceptors (Lipinski definition) is 2. The first-order valence-corrected chi connectivity index (χ1v) is 7.34. The highest BCUT2D eigenvalue weighted by Crippen LogP contribution is 2.31. The lowest BCUT2D eigenvalue weighted by Crippen LogP contribution is -2.48. The predicted molar refractivity (Wildman–Crippen MR) is 69.7 cm³/mol. The fourth-order valence-electron chi connectivity index (χ4n) is 3.09. The molecular weight excluding hydrogens is 196 g/mol. The summed E-state index contributed by atoms with van der Waals surface area (Å²) in [5, 5.41) is 3.69. The zero-order valence-electron chi connectivity index (χ0n) is 11.0. The normalized spacial score (nSPS) is 26.6. The summed E-state index contributed by atoms with van der Waals surface area (Å²) < 4.78 is 0. The van der Waals surface area contributed by atoms with Crippen LogP contribution in [0.25, 0.3) is 0 Å². The van der Waals surface area contributed by atoms with Gasteiger partial charge in [0.1, 0.15) is 0 Å². The minimum atomic E-state index is 0.773. The topological polar surface area (TPSA) is 15.3 Å². The highest BCUT2D eigenvalue weighted by Gasteiger charge is 2.34. The van der Waals surface area contributed by atoms with E-state index in [1.54, 1.807) is 0 Å². The number of piperidine rings is 1. The quantitative estimate of drug-likeness (QED) is 0.746. The summed E-state index contributed by atoms with van der Waals surface area (Å²) in [5.74, 6) is 0. The minimum absolute atomic E-state index is 0.773. The molecule has 2 nitrogen and oxygen atoms in total. The van der Waals surface area contributed by atoms with E-state index in [1.807, 2.05) is 0 Å². The maximum absolute atomic E-state index is 3.69. The number of rotatable bonds is 6. The molecule has 2 aliphatic rings. The van der Waals surface area contributed by atoms with E-state index in [4.69, 9.17) is 0 Å². The van der Waals surface area contributed by atoms with Crippen molar-refractivity contribution in [2.75, 3.05) is 13.1 Å². The molecule has 2 rings (SSSR count). The first kappa shape index (κ1) is 12.4. The fraction of sp³-hybridized carbons (Fsp3) is 1.00. The number of nitrogens with zero attached hydrogens (tertiary/aromatic N) is 1. The van der Waals surface area contributed by atoms with Crippen LogP contribution in [0.1, 0.15) is 58.8 Å². The molecule has 1 N–H and O–H groups in total. The zero-order chi connectivity index (χ0) is 11.4. The van der Waals surface area contributed by atoms with E-state index in [2.05, 4.69) is 24.1 Å². The first-order chi connectivity index (χ1) is 7.85. The first-order valence-electron chi connectivity index (χ1n) is 7.34. The Morgan fingerprint density at radius 1 is 1.12 bits per heavy atom. The zero-order valence-corrected chi connectivity index (χ0v) is 11.0. The van der Waals surface area contributed by atoms with Crippen LogP contribution in [0.15, 0.2) is 0 Å². The Morgan fingerprint density at radius 2 is 1.88 bits per heavy atom. The van der Waals surface area contributed by atoms with Crippen LogP contribution in [0.3, 0.4) is 0 Å². The summed E-state index contributed by atoms with van der Waals surface area (Å²) in [5.41, 5.74) is 0. The molecule has 0 aromatic heterocycles. The third kappa shape index (κ3) is 3.21. The molecule has 0 bridgehead atoms. The predicted octanol–water partition coefficient (Wildman–Crippen LogP) is 2.78. The Morgan fingerprint density at radius 3 is 2.38 bits per heavy atom. The van der Waals surface area contributed by atoms with Crippen molar-refractivity contribution in [1.29, 1.82) is 0 Å². The van der Waals surface area contributed by atoms with E-state index in [-0.39, 0.29) is 0 Å². The molecular formula is C14H28N2. The van der Waals surface area contributed by atoms with E-state index < -0.39 is 0 Å². The molecule has 1 heterocycles. The van der Waals surface area contributed by atoms with E-state index in [1.165, 1.54) is 58.0 Å². The van der Waals surface area contributed by atoms with Crippen molar-refractivity contribution in [2.45, 2.75) is 76.9 Å². The second kappa shape index (κ2) is 6.02. The molecule has 0 aromatic rings. The van der Waals surface area contributed by atoms with E-state index in [9.17, 15) is 0 Å². The average molecular weight is 224 g/mol. The molecule has 2 fully saturated rings. The molecule has 1 atom stereocenters. The van der Waals surface area contributed by atoms with Crippen LogP contribution in [0.4, 0.5) is 0 Å². The molecule has 0 spiro atoms. The van der Waals surface area contributed by atoms with Crippen molar-refractivity contribution in [2.24, 2.45) is 0 Å². The molecule has 1 saturated carbocycles. The average Bonchev–Trinajstić information content (AvgIpc) is 3.14. The van der Waals surface area contributed by atoms with Gasteiger partial charge in [0, 0.05) is 24.7 Å². The molecule has 1 unspecified atom stereocenters. The summed E-state index contributed by atoms with van der Waals surface area (Å²) in [6.07, 6.45) is 9.74. The third-order valence-corrected chi connectivity index (χ3v) is 4.27. The fourth-order valence-corrected chi connectivity index (χ4v) is 3.09. The molecule has 2 heteroatoms. The van der Waals surface area contributed by atoms with Gasteiger partial charge in [0.15, 0.2) is 0 Å². The summed E-state index contributed by atoms with van der Waals surface area (Å²) >= 11 is 0. The van der Waals surface area contributed by atoms with Crippen molar-refractivity contribution >= 4 is 0 Å². The molecule has 1 aliphatic heterocycles. The number of nitrogens with one attached hydrogen (secondary N) is 1. The maximum Gasteiger partial charge on any atom is 0.0195 e. The summed E-state index contributed by atoms with van der Waals surface area (Å²) in [6, 6.07) is 2.53. The van der Waals surface area contributed by atoms with E-state index >= 15 is 0 Å². The highest BCUT2D eigenvalue weighted by molar-refractivity contribution is 4.90. The van der Waals surface area contributed by atoms with Crippen LogP contribution >= 0.6 is 0 Å². The third-order valence-electron chi connectivity index (χ3n) is 4.27. The monoisotopic (exact) mass is 224 g/mol. The lowest BCUT2D eigenvalue weighted by atomic mass is 10.0. The van der Waals surface area contributed by atoms with Gasteiger partial charge in [-0.2, -0.15) is 0 Å². The molecule has 1 aliphatic carbocycles. The van der Waals surface area contributed by atoms with Gasteiger partial charge in [0.25, 0.3) is 0 Å². The second-order valence-corrected chi connectivity index (χ2v) is 5.55. The Bertz CT molecular complexity index is 191. The van der Waals surface area contributed by atoms with E-state index in [0.29, 0.717) is 0 Å². The summed E-state index contributed by atoms with van der Waals surface area (Å²) in [4.78, 5) is 2.81. The van der Waals surface area contributed by atoms with Crippen molar-refractivity contribution < 1.29 is 0 Å². The van der Waals surface area contributed by atoms with Gasteiger partial charge >= 0.3 is 0 Å². The Hall–Kier alpha value is -0.0800. The van der Waals surface area contributed by atoms with Crippen LogP contribution < -0.4 is 5.32 Å². The van der Waals surface area contributed by atoms with Gasteiger partial charge < -0.3 is 5.32 Å². The van der Waals surface area contributed by atoms with Crippen LogP contribution in [0.5, 0.6) is 0 Å². The van der Waals surface area contributed by atoms with Gasteiger partial charge in [-0.05, 0) is 45.1 Å². The second-order valence-electron chi connectivity index (χ2n) is 5.55. The van der Waals surface area contributed by atoms with Gasteiger partial charge in [-0.3, -0.25) is 4.90 Å². The standard InChI is InChI=1S/C14H28N2/c1-3-13(4-2)16(14-8-9-14)11-12-7-5-6-10-15-12/h12-15H,3-11H2,1-2H3. The van der Waals surface area contributed by atoms with Crippen molar-refractivity contribution in [3.63, 3.8) is 0 Å². The van der Waals surface area contributed by atoms with Gasteiger partial charge in [-0.25, -0.2) is 0 Å². The van der Waals surface area contributed by atoms with Crippen LogP contribution in [-0.2, 0) is 0 Å². The minimum Gasteiger partial charge on any atom is -0.313 e. The Labute approximate surface area is 101 Å². The van der Waals surface area contributed by atoms with Crippen LogP contribution in [-0.4, -0.2) is 36.1 Å². The molecule has 0 amide bonds. The van der Waals surface area contributed by atoms with E-state index in [0.717, 1.165) is 18.1 Å². The molecule has 0 aromatic carbocycles. The molecule has 16 heavy (non-hydrogen) atoms. The van der Waals surface area contributed by atoms with Gasteiger partial charge in [0.2, 0.25) is 0 Å². The largest absolute Gasteiger partial charge is 0.313 e. The molecule has 1 saturated heterocycles. The smallest absolute Gasteiger partial charge is 0.0195 e. The maximum atomic E-state index is 3.69.